The number of Topliss-reactive ketones (excluding diaryl/α,β-unsaturated/α-hetero) is 1. The lowest BCUT2D eigenvalue weighted by Crippen LogP contribution is -2.22. The van der Waals surface area contributed by atoms with Crippen LogP contribution in [0, 0.1) is 0 Å². The summed E-state index contributed by atoms with van der Waals surface area (Å²) in [6.45, 7) is 0. The minimum atomic E-state index is -0.317. The lowest BCUT2D eigenvalue weighted by molar-refractivity contribution is 0.0964. The molecule has 1 aliphatic carbocycles. The summed E-state index contributed by atoms with van der Waals surface area (Å²) in [5.41, 5.74) is 3.71. The van der Waals surface area contributed by atoms with E-state index in [1.54, 1.807) is 12.3 Å². The Labute approximate surface area is 170 Å². The molecule has 0 bridgehead atoms. The maximum Gasteiger partial charge on any atom is 0.325 e. The van der Waals surface area contributed by atoms with Crippen molar-refractivity contribution in [2.75, 3.05) is 0 Å². The number of fused-ring (bicyclic) bond motifs is 4. The van der Waals surface area contributed by atoms with Crippen molar-refractivity contribution in [3.8, 4) is 6.01 Å². The minimum Gasteiger partial charge on any atom is -0.422 e. The lowest BCUT2D eigenvalue weighted by atomic mass is 9.79. The molecule has 0 radical (unpaired) electrons. The lowest BCUT2D eigenvalue weighted by Gasteiger charge is -2.23. The average Bonchev–Trinajstić information content (AvgIpc) is 3.35. The summed E-state index contributed by atoms with van der Waals surface area (Å²) < 4.78 is 7.00. The van der Waals surface area contributed by atoms with Gasteiger partial charge in [0.15, 0.2) is 17.0 Å². The second kappa shape index (κ2) is 6.25. The van der Waals surface area contributed by atoms with Crippen LogP contribution in [0.2, 0.25) is 0 Å². The standard InChI is InChI=1S/C23H16N4O3/c28-18-11-14(13-6-2-1-3-7-13)10-15-16(18)12-24-21-20(15)22(29)27(26-21)23-25-17-8-4-5-9-19(17)30-23/h1-9,12,14H,10-11H2,(H,24,26)/t14-/m0/s1. The Balaban J connectivity index is 1.53. The number of hydrogen-bond donors (Lipinski definition) is 1. The first-order valence-corrected chi connectivity index (χ1v) is 9.76. The van der Waals surface area contributed by atoms with E-state index in [4.69, 9.17) is 4.42 Å². The van der Waals surface area contributed by atoms with Crippen LogP contribution >= 0.6 is 0 Å². The Bertz CT molecular complexity index is 1460. The number of oxazole rings is 1. The molecule has 2 aromatic carbocycles. The van der Waals surface area contributed by atoms with E-state index >= 15 is 0 Å². The van der Waals surface area contributed by atoms with Gasteiger partial charge in [0, 0.05) is 18.2 Å². The van der Waals surface area contributed by atoms with Gasteiger partial charge in [-0.15, -0.1) is 0 Å². The van der Waals surface area contributed by atoms with Crippen LogP contribution in [0.25, 0.3) is 28.1 Å². The molecular formula is C23H16N4O3. The van der Waals surface area contributed by atoms with Crippen molar-refractivity contribution in [1.29, 1.82) is 0 Å². The molecule has 0 spiro atoms. The number of para-hydroxylation sites is 2. The molecule has 1 N–H and O–H groups in total. The quantitative estimate of drug-likeness (QED) is 0.490. The molecule has 0 saturated heterocycles. The summed E-state index contributed by atoms with van der Waals surface area (Å²) in [4.78, 5) is 34.9. The van der Waals surface area contributed by atoms with E-state index in [0.717, 1.165) is 11.1 Å². The third-order valence-electron chi connectivity index (χ3n) is 5.75. The highest BCUT2D eigenvalue weighted by Gasteiger charge is 2.30. The van der Waals surface area contributed by atoms with Crippen LogP contribution in [0.3, 0.4) is 0 Å². The second-order valence-electron chi connectivity index (χ2n) is 7.53. The van der Waals surface area contributed by atoms with Gasteiger partial charge in [-0.25, -0.2) is 4.98 Å². The molecule has 0 aliphatic heterocycles. The fraction of sp³-hybridized carbons (Fsp3) is 0.130. The zero-order valence-electron chi connectivity index (χ0n) is 15.8. The van der Waals surface area contributed by atoms with Gasteiger partial charge in [-0.05, 0) is 35.6 Å². The highest BCUT2D eigenvalue weighted by atomic mass is 16.4. The van der Waals surface area contributed by atoms with Crippen LogP contribution in [0.5, 0.6) is 0 Å². The van der Waals surface area contributed by atoms with Gasteiger partial charge >= 0.3 is 6.01 Å². The SMILES string of the molecule is O=C1C[C@@H](c2ccccc2)Cc2c1cnc1[nH]n(-c3nc4ccccc4o3)c(=O)c21. The molecule has 7 nitrogen and oxygen atoms in total. The van der Waals surface area contributed by atoms with Gasteiger partial charge in [0.2, 0.25) is 0 Å². The van der Waals surface area contributed by atoms with Gasteiger partial charge in [-0.1, -0.05) is 42.5 Å². The van der Waals surface area contributed by atoms with Gasteiger partial charge in [0.25, 0.3) is 5.56 Å². The number of aromatic amines is 1. The monoisotopic (exact) mass is 396 g/mol. The highest BCUT2D eigenvalue weighted by molar-refractivity contribution is 6.02. The van der Waals surface area contributed by atoms with E-state index < -0.39 is 0 Å². The largest absolute Gasteiger partial charge is 0.422 e. The molecule has 1 atom stereocenters. The Kier molecular flexibility index (Phi) is 3.52. The zero-order valence-corrected chi connectivity index (χ0v) is 15.8. The maximum atomic E-state index is 13.3. The molecule has 6 rings (SSSR count). The first kappa shape index (κ1) is 16.9. The fourth-order valence-electron chi connectivity index (χ4n) is 4.29. The van der Waals surface area contributed by atoms with E-state index in [9.17, 15) is 9.59 Å². The van der Waals surface area contributed by atoms with Gasteiger partial charge < -0.3 is 4.42 Å². The number of nitrogens with zero attached hydrogens (tertiary/aromatic N) is 3. The first-order chi connectivity index (χ1) is 14.7. The van der Waals surface area contributed by atoms with Gasteiger partial charge in [-0.3, -0.25) is 14.7 Å². The number of carbonyl (C=O) groups excluding carboxylic acids is 1. The van der Waals surface area contributed by atoms with Gasteiger partial charge in [0.05, 0.1) is 5.39 Å². The van der Waals surface area contributed by atoms with Crippen molar-refractivity contribution in [2.45, 2.75) is 18.8 Å². The summed E-state index contributed by atoms with van der Waals surface area (Å²) in [5, 5.41) is 3.41. The Morgan fingerprint density at radius 2 is 1.80 bits per heavy atom. The summed E-state index contributed by atoms with van der Waals surface area (Å²) in [6.07, 6.45) is 2.58. The highest BCUT2D eigenvalue weighted by Crippen LogP contribution is 2.34. The van der Waals surface area contributed by atoms with Crippen molar-refractivity contribution < 1.29 is 9.21 Å². The Hall–Kier alpha value is -4.00. The van der Waals surface area contributed by atoms with Crippen LogP contribution < -0.4 is 5.56 Å². The molecule has 3 heterocycles. The summed E-state index contributed by atoms with van der Waals surface area (Å²) >= 11 is 0. The topological polar surface area (TPSA) is 93.8 Å². The van der Waals surface area contributed by atoms with Crippen molar-refractivity contribution in [2.24, 2.45) is 0 Å². The van der Waals surface area contributed by atoms with E-state index in [0.29, 0.717) is 40.5 Å². The maximum absolute atomic E-state index is 13.3. The molecule has 5 aromatic rings. The van der Waals surface area contributed by atoms with Crippen molar-refractivity contribution >= 4 is 27.9 Å². The van der Waals surface area contributed by atoms with Gasteiger partial charge in [-0.2, -0.15) is 9.67 Å². The van der Waals surface area contributed by atoms with Crippen molar-refractivity contribution in [3.05, 3.63) is 87.8 Å². The number of ketones is 1. The van der Waals surface area contributed by atoms with E-state index in [-0.39, 0.29) is 23.3 Å². The number of hydrogen-bond acceptors (Lipinski definition) is 5. The molecule has 0 amide bonds. The number of pyridine rings is 1. The predicted molar refractivity (Wildman–Crippen MR) is 111 cm³/mol. The smallest absolute Gasteiger partial charge is 0.325 e. The molecule has 3 aromatic heterocycles. The Morgan fingerprint density at radius 1 is 1.00 bits per heavy atom. The Morgan fingerprint density at radius 3 is 2.63 bits per heavy atom. The summed E-state index contributed by atoms with van der Waals surface area (Å²) in [7, 11) is 0. The van der Waals surface area contributed by atoms with Crippen molar-refractivity contribution in [1.82, 2.24) is 19.7 Å². The molecule has 7 heteroatoms. The fourth-order valence-corrected chi connectivity index (χ4v) is 4.29. The van der Waals surface area contributed by atoms with E-state index in [1.165, 1.54) is 4.68 Å². The van der Waals surface area contributed by atoms with Gasteiger partial charge in [0.1, 0.15) is 5.52 Å². The molecule has 1 aliphatic rings. The molecule has 30 heavy (non-hydrogen) atoms. The zero-order chi connectivity index (χ0) is 20.2. The molecule has 0 fully saturated rings. The predicted octanol–water partition coefficient (Wildman–Crippen LogP) is 3.77. The number of nitrogens with one attached hydrogen (secondary N) is 1. The van der Waals surface area contributed by atoms with Crippen LogP contribution in [-0.4, -0.2) is 25.5 Å². The first-order valence-electron chi connectivity index (χ1n) is 9.76. The van der Waals surface area contributed by atoms with Crippen LogP contribution in [0.4, 0.5) is 0 Å². The number of carbonyl (C=O) groups is 1. The van der Waals surface area contributed by atoms with Crippen molar-refractivity contribution in [3.63, 3.8) is 0 Å². The van der Waals surface area contributed by atoms with Crippen LogP contribution in [0.15, 0.2) is 70.0 Å². The average molecular weight is 396 g/mol. The summed E-state index contributed by atoms with van der Waals surface area (Å²) in [6, 6.07) is 17.4. The molecule has 0 unspecified atom stereocenters. The van der Waals surface area contributed by atoms with E-state index in [1.807, 2.05) is 48.5 Å². The van der Waals surface area contributed by atoms with Crippen LogP contribution in [0.1, 0.15) is 33.8 Å². The van der Waals surface area contributed by atoms with Crippen LogP contribution in [-0.2, 0) is 6.42 Å². The normalized spacial score (nSPS) is 16.3. The number of benzene rings is 2. The third-order valence-corrected chi connectivity index (χ3v) is 5.75. The number of H-pyrrole nitrogens is 1. The number of aromatic nitrogens is 4. The molecule has 0 saturated carbocycles. The third kappa shape index (κ3) is 2.45. The molecule has 146 valence electrons. The second-order valence-corrected chi connectivity index (χ2v) is 7.53. The summed E-state index contributed by atoms with van der Waals surface area (Å²) in [5.74, 6) is 0.0393. The minimum absolute atomic E-state index is 0.00788. The van der Waals surface area contributed by atoms with E-state index in [2.05, 4.69) is 15.1 Å². The molecular weight excluding hydrogens is 380 g/mol. The number of rotatable bonds is 2.